The molecule has 0 aliphatic rings. The van der Waals surface area contributed by atoms with E-state index in [1.165, 1.54) is 7.11 Å². The number of carbonyl (C=O) groups is 3. The van der Waals surface area contributed by atoms with Crippen LogP contribution in [-0.4, -0.2) is 31.4 Å². The molecule has 0 saturated carbocycles. The molecule has 0 aromatic heterocycles. The Balaban J connectivity index is 2.72. The number of allylic oxidation sites excluding steroid dienone is 5. The predicted octanol–water partition coefficient (Wildman–Crippen LogP) is 8.49. The number of ketones is 1. The van der Waals surface area contributed by atoms with Gasteiger partial charge < -0.3 is 18.9 Å². The van der Waals surface area contributed by atoms with Gasteiger partial charge in [0.25, 0.3) is 0 Å². The lowest BCUT2D eigenvalue weighted by Gasteiger charge is -2.23. The van der Waals surface area contributed by atoms with Crippen molar-refractivity contribution in [1.29, 1.82) is 0 Å². The summed E-state index contributed by atoms with van der Waals surface area (Å²) < 4.78 is 23.4. The Morgan fingerprint density at radius 1 is 0.795 bits per heavy atom. The minimum Gasteiger partial charge on any atom is -0.493 e. The van der Waals surface area contributed by atoms with Gasteiger partial charge in [0.15, 0.2) is 5.76 Å². The Kier molecular flexibility index (Phi) is 13.2. The number of benzene rings is 2. The molecule has 2 aromatic rings. The summed E-state index contributed by atoms with van der Waals surface area (Å²) >= 11 is 0. The Morgan fingerprint density at radius 2 is 1.36 bits per heavy atom. The van der Waals surface area contributed by atoms with Crippen molar-refractivity contribution in [3.8, 4) is 17.2 Å². The maximum absolute atomic E-state index is 13.6. The number of hydrogen-bond acceptors (Lipinski definition) is 7. The molecule has 44 heavy (non-hydrogen) atoms. The molecule has 0 N–H and O–H groups in total. The van der Waals surface area contributed by atoms with E-state index >= 15 is 0 Å². The molecule has 2 rings (SSSR count). The van der Waals surface area contributed by atoms with Crippen LogP contribution in [0.2, 0.25) is 0 Å². The fourth-order valence-electron chi connectivity index (χ4n) is 3.90. The van der Waals surface area contributed by atoms with E-state index < -0.39 is 10.8 Å². The van der Waals surface area contributed by atoms with E-state index in [4.69, 9.17) is 18.9 Å². The average Bonchev–Trinajstić information content (AvgIpc) is 2.96. The predicted molar refractivity (Wildman–Crippen MR) is 175 cm³/mol. The van der Waals surface area contributed by atoms with Gasteiger partial charge in [0.1, 0.15) is 17.2 Å². The van der Waals surface area contributed by atoms with Gasteiger partial charge in [0, 0.05) is 16.7 Å². The summed E-state index contributed by atoms with van der Waals surface area (Å²) in [5.41, 5.74) is 1.13. The molecule has 0 aliphatic heterocycles. The molecule has 0 aliphatic carbocycles. The van der Waals surface area contributed by atoms with Gasteiger partial charge in [-0.3, -0.25) is 14.4 Å². The van der Waals surface area contributed by atoms with E-state index in [2.05, 4.69) is 0 Å². The summed E-state index contributed by atoms with van der Waals surface area (Å²) in [6, 6.07) is 8.25. The molecule has 7 heteroatoms. The van der Waals surface area contributed by atoms with Gasteiger partial charge >= 0.3 is 11.9 Å². The van der Waals surface area contributed by atoms with Crippen LogP contribution in [0.3, 0.4) is 0 Å². The monoisotopic (exact) mass is 604 g/mol. The normalized spacial score (nSPS) is 12.5. The number of methoxy groups -OCH3 is 1. The molecule has 7 nitrogen and oxygen atoms in total. The van der Waals surface area contributed by atoms with Gasteiger partial charge in [0.05, 0.1) is 24.5 Å². The first-order valence-corrected chi connectivity index (χ1v) is 15.1. The third-order valence-electron chi connectivity index (χ3n) is 6.49. The fourth-order valence-corrected chi connectivity index (χ4v) is 3.90. The Hall–Kier alpha value is -4.13. The average molecular weight is 605 g/mol. The highest BCUT2D eigenvalue weighted by Crippen LogP contribution is 2.40. The quantitative estimate of drug-likeness (QED) is 0.0566. The summed E-state index contributed by atoms with van der Waals surface area (Å²) in [4.78, 5) is 39.0. The Morgan fingerprint density at radius 3 is 1.89 bits per heavy atom. The third-order valence-corrected chi connectivity index (χ3v) is 6.49. The van der Waals surface area contributed by atoms with Crippen LogP contribution in [0.5, 0.6) is 17.2 Å². The van der Waals surface area contributed by atoms with Crippen molar-refractivity contribution in [2.24, 2.45) is 10.8 Å². The largest absolute Gasteiger partial charge is 0.493 e. The van der Waals surface area contributed by atoms with Crippen molar-refractivity contribution in [3.05, 3.63) is 82.6 Å². The molecule has 0 unspecified atom stereocenters. The van der Waals surface area contributed by atoms with Crippen LogP contribution >= 0.6 is 0 Å². The van der Waals surface area contributed by atoms with Gasteiger partial charge in [-0.2, -0.15) is 0 Å². The molecule has 2 aromatic carbocycles. The van der Waals surface area contributed by atoms with Crippen LogP contribution < -0.4 is 14.2 Å². The number of Topliss-reactive ketones (excluding diaryl/α,β-unsaturated/α-hetero) is 1. The maximum atomic E-state index is 13.6. The van der Waals surface area contributed by atoms with Gasteiger partial charge in [0.2, 0.25) is 5.78 Å². The Bertz CT molecular complexity index is 1400. The van der Waals surface area contributed by atoms with E-state index in [0.29, 0.717) is 47.8 Å². The van der Waals surface area contributed by atoms with Crippen molar-refractivity contribution in [2.45, 2.75) is 81.6 Å². The maximum Gasteiger partial charge on any atom is 0.316 e. The highest BCUT2D eigenvalue weighted by atomic mass is 16.5. The molecule has 0 bridgehead atoms. The second-order valence-electron chi connectivity index (χ2n) is 12.5. The van der Waals surface area contributed by atoms with Crippen LogP contribution in [0, 0.1) is 10.8 Å². The molecule has 0 spiro atoms. The van der Waals surface area contributed by atoms with Gasteiger partial charge in [-0.15, -0.1) is 0 Å². The molecular formula is C37H48O7. The van der Waals surface area contributed by atoms with Crippen LogP contribution in [0.4, 0.5) is 0 Å². The van der Waals surface area contributed by atoms with Crippen molar-refractivity contribution in [1.82, 2.24) is 0 Å². The lowest BCUT2D eigenvalue weighted by atomic mass is 9.95. The molecule has 0 atom stereocenters. The number of rotatable bonds is 13. The van der Waals surface area contributed by atoms with Crippen molar-refractivity contribution < 1.29 is 33.3 Å². The first-order valence-electron chi connectivity index (χ1n) is 15.1. The van der Waals surface area contributed by atoms with Crippen LogP contribution in [-0.2, 0) is 27.2 Å². The molecule has 0 fully saturated rings. The van der Waals surface area contributed by atoms with Gasteiger partial charge in [-0.25, -0.2) is 0 Å². The first-order chi connectivity index (χ1) is 20.7. The number of carbonyl (C=O) groups excluding carboxylic acids is 3. The van der Waals surface area contributed by atoms with E-state index in [9.17, 15) is 14.4 Å². The highest BCUT2D eigenvalue weighted by molar-refractivity contribution is 6.10. The van der Waals surface area contributed by atoms with E-state index in [1.54, 1.807) is 51.1 Å². The minimum absolute atomic E-state index is 0.0965. The first kappa shape index (κ1) is 36.1. The zero-order valence-electron chi connectivity index (χ0n) is 28.0. The van der Waals surface area contributed by atoms with Crippen molar-refractivity contribution >= 4 is 23.8 Å². The lowest BCUT2D eigenvalue weighted by molar-refractivity contribution is -0.143. The second kappa shape index (κ2) is 16.1. The molecule has 0 amide bonds. The molecule has 0 saturated heterocycles. The molecule has 0 radical (unpaired) electrons. The summed E-state index contributed by atoms with van der Waals surface area (Å²) in [5, 5.41) is 0. The molecule has 238 valence electrons. The van der Waals surface area contributed by atoms with Crippen LogP contribution in [0.1, 0.15) is 95.8 Å². The van der Waals surface area contributed by atoms with Crippen LogP contribution in [0.15, 0.2) is 60.4 Å². The topological polar surface area (TPSA) is 88.1 Å². The summed E-state index contributed by atoms with van der Waals surface area (Å²) in [7, 11) is 1.44. The van der Waals surface area contributed by atoms with E-state index in [1.807, 2.05) is 71.9 Å². The van der Waals surface area contributed by atoms with Crippen molar-refractivity contribution in [2.75, 3.05) is 13.7 Å². The lowest BCUT2D eigenvalue weighted by Crippen LogP contribution is -2.26. The molecule has 0 heterocycles. The minimum atomic E-state index is -0.713. The molecular weight excluding hydrogens is 556 g/mol. The SMILES string of the molecule is CC=CCc1cc(C=C(OC)C(=O)c2ccc(OC(=O)C(C)(C)C)cc2)c(OCCC)c(CC=CC)c1OC(=O)C(C)(C)C. The van der Waals surface area contributed by atoms with E-state index in [0.717, 1.165) is 17.5 Å². The van der Waals surface area contributed by atoms with Crippen LogP contribution in [0.25, 0.3) is 6.08 Å². The summed E-state index contributed by atoms with van der Waals surface area (Å²) in [5.74, 6) is 0.368. The van der Waals surface area contributed by atoms with Gasteiger partial charge in [-0.1, -0.05) is 31.2 Å². The Labute approximate surface area is 262 Å². The van der Waals surface area contributed by atoms with E-state index in [-0.39, 0.29) is 23.5 Å². The summed E-state index contributed by atoms with van der Waals surface area (Å²) in [6.45, 7) is 17.1. The smallest absolute Gasteiger partial charge is 0.316 e. The third kappa shape index (κ3) is 9.97. The second-order valence-corrected chi connectivity index (χ2v) is 12.5. The van der Waals surface area contributed by atoms with Crippen molar-refractivity contribution in [3.63, 3.8) is 0 Å². The number of hydrogen-bond donors (Lipinski definition) is 0. The fraction of sp³-hybridized carbons (Fsp3) is 0.432. The van der Waals surface area contributed by atoms with Gasteiger partial charge in [-0.05, 0) is 117 Å². The number of ether oxygens (including phenoxy) is 4. The number of esters is 2. The zero-order valence-corrected chi connectivity index (χ0v) is 28.0. The highest BCUT2D eigenvalue weighted by Gasteiger charge is 2.28. The standard InChI is InChI=1S/C37H48O7/c1-11-14-16-26-23-27(32(42-22-13-3)29(17-15-12-2)33(26)44-35(40)37(7,8)9)24-30(41-10)31(38)25-18-20-28(21-19-25)43-34(39)36(4,5)6/h11-12,14-15,18-21,23-24H,13,16-17,22H2,1-10H3. The summed E-state index contributed by atoms with van der Waals surface area (Å²) in [6.07, 6.45) is 11.2. The zero-order chi connectivity index (χ0) is 33.1.